The molecule has 1 aromatic rings. The Labute approximate surface area is 89.7 Å². The molecule has 0 fully saturated rings. The highest BCUT2D eigenvalue weighted by molar-refractivity contribution is 7.99. The Kier molecular flexibility index (Phi) is 5.71. The highest BCUT2D eigenvalue weighted by Crippen LogP contribution is 2.17. The minimum atomic E-state index is 0.653. The zero-order valence-corrected chi connectivity index (χ0v) is 9.64. The fraction of sp³-hybridized carbons (Fsp3) is 0.700. The van der Waals surface area contributed by atoms with E-state index in [-0.39, 0.29) is 0 Å². The molecule has 0 saturated carbocycles. The van der Waals surface area contributed by atoms with Crippen molar-refractivity contribution in [2.24, 2.45) is 0 Å². The van der Waals surface area contributed by atoms with Crippen molar-refractivity contribution in [3.05, 3.63) is 12.5 Å². The first-order valence-electron chi connectivity index (χ1n) is 5.06. The Balaban J connectivity index is 2.04. The van der Waals surface area contributed by atoms with E-state index in [4.69, 9.17) is 4.42 Å². The summed E-state index contributed by atoms with van der Waals surface area (Å²) in [6.07, 6.45) is 6.92. The maximum absolute atomic E-state index is 5.13. The third kappa shape index (κ3) is 4.15. The van der Waals surface area contributed by atoms with Gasteiger partial charge in [-0.3, -0.25) is 0 Å². The van der Waals surface area contributed by atoms with Gasteiger partial charge < -0.3 is 9.73 Å². The summed E-state index contributed by atoms with van der Waals surface area (Å²) < 4.78 is 5.13. The van der Waals surface area contributed by atoms with Crippen LogP contribution >= 0.6 is 11.8 Å². The Hall–Kier alpha value is -0.480. The molecular weight excluding hydrogens is 196 g/mol. The van der Waals surface area contributed by atoms with Crippen LogP contribution in [0.15, 0.2) is 22.1 Å². The van der Waals surface area contributed by atoms with Crippen LogP contribution < -0.4 is 5.32 Å². The molecule has 1 unspecified atom stereocenters. The Morgan fingerprint density at radius 2 is 2.50 bits per heavy atom. The lowest BCUT2D eigenvalue weighted by Gasteiger charge is -2.12. The molecule has 0 aliphatic rings. The van der Waals surface area contributed by atoms with Gasteiger partial charge >= 0.3 is 0 Å². The minimum Gasteiger partial charge on any atom is -0.440 e. The van der Waals surface area contributed by atoms with Gasteiger partial charge in [0.2, 0.25) is 0 Å². The molecular formula is C10H18N2OS. The van der Waals surface area contributed by atoms with Crippen molar-refractivity contribution in [1.82, 2.24) is 10.3 Å². The molecule has 1 rings (SSSR count). The molecule has 0 amide bonds. The van der Waals surface area contributed by atoms with Crippen molar-refractivity contribution in [3.8, 4) is 0 Å². The molecule has 0 aliphatic carbocycles. The SMILES string of the molecule is CCC(CCCSc1ncco1)NC. The number of nitrogens with one attached hydrogen (secondary N) is 1. The molecule has 1 aromatic heterocycles. The summed E-state index contributed by atoms with van der Waals surface area (Å²) in [4.78, 5) is 4.05. The third-order valence-electron chi connectivity index (χ3n) is 2.23. The van der Waals surface area contributed by atoms with Crippen LogP contribution in [0.25, 0.3) is 0 Å². The van der Waals surface area contributed by atoms with Crippen LogP contribution in [0.1, 0.15) is 26.2 Å². The molecule has 1 heterocycles. The summed E-state index contributed by atoms with van der Waals surface area (Å²) in [6.45, 7) is 2.21. The van der Waals surface area contributed by atoms with Gasteiger partial charge in [-0.25, -0.2) is 4.98 Å². The molecule has 14 heavy (non-hydrogen) atoms. The second kappa shape index (κ2) is 6.90. The smallest absolute Gasteiger partial charge is 0.255 e. The van der Waals surface area contributed by atoms with Gasteiger partial charge in [0.25, 0.3) is 5.22 Å². The van der Waals surface area contributed by atoms with Gasteiger partial charge in [-0.05, 0) is 26.3 Å². The highest BCUT2D eigenvalue weighted by atomic mass is 32.2. The molecule has 1 atom stereocenters. The molecule has 0 saturated heterocycles. The van der Waals surface area contributed by atoms with Gasteiger partial charge in [-0.1, -0.05) is 18.7 Å². The maximum atomic E-state index is 5.13. The zero-order chi connectivity index (χ0) is 10.2. The summed E-state index contributed by atoms with van der Waals surface area (Å²) >= 11 is 1.68. The Bertz CT molecular complexity index is 222. The number of oxazole rings is 1. The van der Waals surface area contributed by atoms with Crippen molar-refractivity contribution in [1.29, 1.82) is 0 Å². The lowest BCUT2D eigenvalue weighted by Crippen LogP contribution is -2.23. The van der Waals surface area contributed by atoms with Crippen LogP contribution in [-0.4, -0.2) is 23.8 Å². The monoisotopic (exact) mass is 214 g/mol. The van der Waals surface area contributed by atoms with Gasteiger partial charge in [-0.15, -0.1) is 0 Å². The average Bonchev–Trinajstić information content (AvgIpc) is 2.71. The summed E-state index contributed by atoms with van der Waals surface area (Å²) in [6, 6.07) is 0.653. The Morgan fingerprint density at radius 3 is 3.07 bits per heavy atom. The van der Waals surface area contributed by atoms with Gasteiger partial charge in [0.1, 0.15) is 6.26 Å². The maximum Gasteiger partial charge on any atom is 0.255 e. The molecule has 3 nitrogen and oxygen atoms in total. The molecule has 4 heteroatoms. The van der Waals surface area contributed by atoms with Crippen LogP contribution in [0.5, 0.6) is 0 Å². The summed E-state index contributed by atoms with van der Waals surface area (Å²) in [5, 5.41) is 4.08. The molecule has 1 N–H and O–H groups in total. The van der Waals surface area contributed by atoms with Gasteiger partial charge in [0.05, 0.1) is 6.20 Å². The molecule has 0 aliphatic heterocycles. The Morgan fingerprint density at radius 1 is 1.64 bits per heavy atom. The summed E-state index contributed by atoms with van der Waals surface area (Å²) in [5.74, 6) is 1.08. The van der Waals surface area contributed by atoms with Crippen LogP contribution in [0.3, 0.4) is 0 Å². The van der Waals surface area contributed by atoms with Crippen LogP contribution in [-0.2, 0) is 0 Å². The number of hydrogen-bond acceptors (Lipinski definition) is 4. The van der Waals surface area contributed by atoms with E-state index in [2.05, 4.69) is 17.2 Å². The van der Waals surface area contributed by atoms with E-state index in [1.807, 2.05) is 7.05 Å². The molecule has 80 valence electrons. The first-order valence-corrected chi connectivity index (χ1v) is 6.05. The van der Waals surface area contributed by atoms with Gasteiger partial charge in [0.15, 0.2) is 0 Å². The van der Waals surface area contributed by atoms with Crippen molar-refractivity contribution < 1.29 is 4.42 Å². The van der Waals surface area contributed by atoms with Crippen molar-refractivity contribution in [3.63, 3.8) is 0 Å². The van der Waals surface area contributed by atoms with E-state index < -0.39 is 0 Å². The van der Waals surface area contributed by atoms with Gasteiger partial charge in [-0.2, -0.15) is 0 Å². The topological polar surface area (TPSA) is 38.1 Å². The predicted molar refractivity (Wildman–Crippen MR) is 59.6 cm³/mol. The zero-order valence-electron chi connectivity index (χ0n) is 8.82. The van der Waals surface area contributed by atoms with E-state index in [0.29, 0.717) is 6.04 Å². The fourth-order valence-corrected chi connectivity index (χ4v) is 2.07. The average molecular weight is 214 g/mol. The van der Waals surface area contributed by atoms with E-state index in [0.717, 1.165) is 11.0 Å². The van der Waals surface area contributed by atoms with Crippen LogP contribution in [0, 0.1) is 0 Å². The number of thioether (sulfide) groups is 1. The van der Waals surface area contributed by atoms with Crippen molar-refractivity contribution in [2.75, 3.05) is 12.8 Å². The standard InChI is InChI=1S/C10H18N2OS/c1-3-9(11-2)5-4-8-14-10-12-6-7-13-10/h6-7,9,11H,3-5,8H2,1-2H3. The predicted octanol–water partition coefficient (Wildman–Crippen LogP) is 2.54. The third-order valence-corrected chi connectivity index (χ3v) is 3.17. The fourth-order valence-electron chi connectivity index (χ4n) is 1.32. The minimum absolute atomic E-state index is 0.653. The number of aromatic nitrogens is 1. The first kappa shape index (κ1) is 11.6. The molecule has 0 radical (unpaired) electrons. The van der Waals surface area contributed by atoms with Gasteiger partial charge in [0, 0.05) is 11.8 Å². The largest absolute Gasteiger partial charge is 0.440 e. The number of rotatable bonds is 7. The van der Waals surface area contributed by atoms with E-state index in [1.54, 1.807) is 24.2 Å². The molecule has 0 spiro atoms. The highest BCUT2D eigenvalue weighted by Gasteiger charge is 2.03. The van der Waals surface area contributed by atoms with E-state index >= 15 is 0 Å². The van der Waals surface area contributed by atoms with Crippen LogP contribution in [0.4, 0.5) is 0 Å². The normalized spacial score (nSPS) is 13.0. The first-order chi connectivity index (χ1) is 6.86. The summed E-state index contributed by atoms with van der Waals surface area (Å²) in [7, 11) is 2.02. The number of hydrogen-bond donors (Lipinski definition) is 1. The van der Waals surface area contributed by atoms with Crippen LogP contribution in [0.2, 0.25) is 0 Å². The lowest BCUT2D eigenvalue weighted by atomic mass is 10.1. The number of nitrogens with zero attached hydrogens (tertiary/aromatic N) is 1. The van der Waals surface area contributed by atoms with E-state index in [1.165, 1.54) is 19.3 Å². The van der Waals surface area contributed by atoms with Crippen molar-refractivity contribution >= 4 is 11.8 Å². The van der Waals surface area contributed by atoms with Crippen molar-refractivity contribution in [2.45, 2.75) is 37.5 Å². The second-order valence-electron chi connectivity index (χ2n) is 3.18. The molecule has 0 bridgehead atoms. The quantitative estimate of drug-likeness (QED) is 0.559. The summed E-state index contributed by atoms with van der Waals surface area (Å²) in [5.41, 5.74) is 0. The van der Waals surface area contributed by atoms with E-state index in [9.17, 15) is 0 Å². The second-order valence-corrected chi connectivity index (χ2v) is 4.23. The molecule has 0 aromatic carbocycles. The lowest BCUT2D eigenvalue weighted by molar-refractivity contribution is 0.453.